The van der Waals surface area contributed by atoms with Gasteiger partial charge in [-0.15, -0.1) is 10.2 Å². The van der Waals surface area contributed by atoms with Crippen LogP contribution in [0.5, 0.6) is 0 Å². The summed E-state index contributed by atoms with van der Waals surface area (Å²) >= 11 is 0. The van der Waals surface area contributed by atoms with Gasteiger partial charge in [-0.25, -0.2) is 13.1 Å². The highest BCUT2D eigenvalue weighted by atomic mass is 32.2. The monoisotopic (exact) mass is 314 g/mol. The fraction of sp³-hybridized carbons (Fsp3) is 0.364. The number of rotatable bonds is 5. The van der Waals surface area contributed by atoms with E-state index in [0.29, 0.717) is 0 Å². The van der Waals surface area contributed by atoms with Crippen molar-refractivity contribution in [3.8, 4) is 0 Å². The minimum atomic E-state index is -3.91. The molecule has 1 aromatic carbocycles. The molecule has 0 spiro atoms. The van der Waals surface area contributed by atoms with E-state index in [9.17, 15) is 23.3 Å². The van der Waals surface area contributed by atoms with E-state index in [1.165, 1.54) is 38.1 Å². The summed E-state index contributed by atoms with van der Waals surface area (Å²) in [5, 5.41) is 17.9. The molecule has 0 aliphatic carbocycles. The van der Waals surface area contributed by atoms with Crippen LogP contribution in [0, 0.1) is 10.1 Å². The molecule has 10 heteroatoms. The Morgan fingerprint density at radius 3 is 2.24 bits per heavy atom. The number of hydrogen-bond donors (Lipinski definition) is 1. The van der Waals surface area contributed by atoms with Crippen molar-refractivity contribution >= 4 is 21.6 Å². The summed E-state index contributed by atoms with van der Waals surface area (Å²) in [7, 11) is -3.91. The van der Waals surface area contributed by atoms with Gasteiger partial charge in [-0.05, 0) is 24.3 Å². The first-order valence-electron chi connectivity index (χ1n) is 5.75. The number of carbonyl (C=O) groups excluding carboxylic acids is 1. The molecule has 0 saturated heterocycles. The first kappa shape index (κ1) is 16.7. The third-order valence-corrected chi connectivity index (χ3v) is 3.73. The largest absolute Gasteiger partial charge is 0.324 e. The van der Waals surface area contributed by atoms with Crippen LogP contribution in [0.3, 0.4) is 0 Å². The van der Waals surface area contributed by atoms with Gasteiger partial charge < -0.3 is 0 Å². The Morgan fingerprint density at radius 1 is 1.29 bits per heavy atom. The number of azo groups is 1. The Kier molecular flexibility index (Phi) is 4.73. The molecule has 0 saturated carbocycles. The first-order chi connectivity index (χ1) is 9.54. The van der Waals surface area contributed by atoms with E-state index >= 15 is 0 Å². The quantitative estimate of drug-likeness (QED) is 0.501. The lowest BCUT2D eigenvalue weighted by atomic mass is 10.3. The standard InChI is InChI=1S/C11H14N4O5S/c1-8(16)13-21(19,20)10-6-4-9(5-7-10)12-14-11(2,3)15(17)18/h4-7H,1-3H3,(H,13,16). The third-order valence-electron chi connectivity index (χ3n) is 2.28. The van der Waals surface area contributed by atoms with Crippen molar-refractivity contribution in [2.45, 2.75) is 31.3 Å². The van der Waals surface area contributed by atoms with Crippen LogP contribution in [0.2, 0.25) is 0 Å². The maximum atomic E-state index is 11.7. The van der Waals surface area contributed by atoms with E-state index in [1.807, 2.05) is 4.72 Å². The molecule has 1 aromatic rings. The zero-order valence-corrected chi connectivity index (χ0v) is 12.4. The van der Waals surface area contributed by atoms with Gasteiger partial charge in [-0.2, -0.15) is 0 Å². The van der Waals surface area contributed by atoms with Gasteiger partial charge in [0.25, 0.3) is 10.0 Å². The van der Waals surface area contributed by atoms with Gasteiger partial charge in [0.1, 0.15) is 0 Å². The summed E-state index contributed by atoms with van der Waals surface area (Å²) in [6.07, 6.45) is 0. The lowest BCUT2D eigenvalue weighted by molar-refractivity contribution is -0.559. The van der Waals surface area contributed by atoms with Crippen molar-refractivity contribution in [1.82, 2.24) is 4.72 Å². The van der Waals surface area contributed by atoms with Crippen LogP contribution in [-0.2, 0) is 14.8 Å². The maximum absolute atomic E-state index is 11.7. The van der Waals surface area contributed by atoms with Crippen molar-refractivity contribution in [1.29, 1.82) is 0 Å². The van der Waals surface area contributed by atoms with Gasteiger partial charge in [0.05, 0.1) is 15.5 Å². The SMILES string of the molecule is CC(=O)NS(=O)(=O)c1ccc(N=NC(C)(C)[N+](=O)[O-])cc1. The molecule has 1 N–H and O–H groups in total. The molecule has 1 rings (SSSR count). The molecule has 0 fully saturated rings. The summed E-state index contributed by atoms with van der Waals surface area (Å²) in [6, 6.07) is 5.10. The van der Waals surface area contributed by atoms with Crippen molar-refractivity contribution in [3.63, 3.8) is 0 Å². The lowest BCUT2D eigenvalue weighted by Gasteiger charge is -2.07. The summed E-state index contributed by atoms with van der Waals surface area (Å²) in [4.78, 5) is 20.7. The molecule has 1 amide bonds. The average Bonchev–Trinajstić information content (AvgIpc) is 2.35. The van der Waals surface area contributed by atoms with E-state index in [2.05, 4.69) is 10.2 Å². The van der Waals surface area contributed by atoms with Gasteiger partial charge in [0, 0.05) is 20.8 Å². The molecular weight excluding hydrogens is 300 g/mol. The molecule has 0 aromatic heterocycles. The molecule has 0 heterocycles. The van der Waals surface area contributed by atoms with Gasteiger partial charge in [0.2, 0.25) is 5.91 Å². The molecule has 0 aliphatic rings. The second kappa shape index (κ2) is 5.95. The molecule has 9 nitrogen and oxygen atoms in total. The van der Waals surface area contributed by atoms with Gasteiger partial charge in [-0.3, -0.25) is 14.9 Å². The number of nitro groups is 1. The molecular formula is C11H14N4O5S. The minimum absolute atomic E-state index is 0.120. The maximum Gasteiger partial charge on any atom is 0.324 e. The summed E-state index contributed by atoms with van der Waals surface area (Å²) in [5.41, 5.74) is -1.31. The first-order valence-corrected chi connectivity index (χ1v) is 7.24. The van der Waals surface area contributed by atoms with Gasteiger partial charge >= 0.3 is 5.66 Å². The molecule has 0 radical (unpaired) electrons. The van der Waals surface area contributed by atoms with Gasteiger partial charge in [-0.1, -0.05) is 0 Å². The number of nitrogens with zero attached hydrogens (tertiary/aromatic N) is 3. The highest BCUT2D eigenvalue weighted by molar-refractivity contribution is 7.90. The van der Waals surface area contributed by atoms with E-state index in [0.717, 1.165) is 6.92 Å². The normalized spacial score (nSPS) is 12.3. The Bertz CT molecular complexity index is 679. The fourth-order valence-corrected chi connectivity index (χ4v) is 2.15. The summed E-state index contributed by atoms with van der Waals surface area (Å²) < 4.78 is 25.2. The summed E-state index contributed by atoms with van der Waals surface area (Å²) in [5.74, 6) is -0.702. The predicted octanol–water partition coefficient (Wildman–Crippen LogP) is 1.61. The lowest BCUT2D eigenvalue weighted by Crippen LogP contribution is -2.28. The second-order valence-corrected chi connectivity index (χ2v) is 6.29. The van der Waals surface area contributed by atoms with Crippen LogP contribution in [0.15, 0.2) is 39.4 Å². The second-order valence-electron chi connectivity index (χ2n) is 4.61. The van der Waals surface area contributed by atoms with Crippen LogP contribution in [0.1, 0.15) is 20.8 Å². The van der Waals surface area contributed by atoms with Crippen LogP contribution in [-0.4, -0.2) is 24.9 Å². The van der Waals surface area contributed by atoms with Crippen LogP contribution >= 0.6 is 0 Å². The van der Waals surface area contributed by atoms with E-state index in [1.54, 1.807) is 0 Å². The van der Waals surface area contributed by atoms with E-state index in [-0.39, 0.29) is 10.6 Å². The summed E-state index contributed by atoms with van der Waals surface area (Å²) in [6.45, 7) is 3.65. The number of carbonyl (C=O) groups is 1. The van der Waals surface area contributed by atoms with Crippen LogP contribution in [0.4, 0.5) is 5.69 Å². The predicted molar refractivity (Wildman–Crippen MR) is 73.0 cm³/mol. The van der Waals surface area contributed by atoms with Crippen LogP contribution in [0.25, 0.3) is 0 Å². The topological polar surface area (TPSA) is 131 Å². The van der Waals surface area contributed by atoms with Crippen molar-refractivity contribution < 1.29 is 18.1 Å². The number of nitrogens with one attached hydrogen (secondary N) is 1. The zero-order valence-electron chi connectivity index (χ0n) is 11.6. The minimum Gasteiger partial charge on any atom is -0.274 e. The molecule has 0 unspecified atom stereocenters. The van der Waals surface area contributed by atoms with Crippen LogP contribution < -0.4 is 4.72 Å². The molecule has 114 valence electrons. The highest BCUT2D eigenvalue weighted by Crippen LogP contribution is 2.19. The van der Waals surface area contributed by atoms with E-state index < -0.39 is 26.5 Å². The average molecular weight is 314 g/mol. The molecule has 21 heavy (non-hydrogen) atoms. The number of hydrogen-bond acceptors (Lipinski definition) is 7. The smallest absolute Gasteiger partial charge is 0.274 e. The Labute approximate surface area is 121 Å². The Balaban J connectivity index is 2.97. The zero-order chi connectivity index (χ0) is 16.3. The number of sulfonamides is 1. The Hall–Kier alpha value is -2.36. The fourth-order valence-electron chi connectivity index (χ4n) is 1.16. The number of benzene rings is 1. The van der Waals surface area contributed by atoms with Crippen molar-refractivity contribution in [3.05, 3.63) is 34.4 Å². The Morgan fingerprint density at radius 2 is 1.81 bits per heavy atom. The molecule has 0 atom stereocenters. The third kappa shape index (κ3) is 4.60. The van der Waals surface area contributed by atoms with Crippen molar-refractivity contribution in [2.75, 3.05) is 0 Å². The van der Waals surface area contributed by atoms with E-state index in [4.69, 9.17) is 0 Å². The molecule has 0 bridgehead atoms. The van der Waals surface area contributed by atoms with Crippen molar-refractivity contribution in [2.24, 2.45) is 10.2 Å². The number of amides is 1. The molecule has 0 aliphatic heterocycles. The van der Waals surface area contributed by atoms with Gasteiger partial charge in [0.15, 0.2) is 0 Å². The highest BCUT2D eigenvalue weighted by Gasteiger charge is 2.29.